The van der Waals surface area contributed by atoms with E-state index in [0.29, 0.717) is 5.92 Å². The Morgan fingerprint density at radius 2 is 2.00 bits per heavy atom. The number of aliphatic carboxylic acids is 1. The van der Waals surface area contributed by atoms with E-state index in [-0.39, 0.29) is 25.0 Å². The number of benzene rings is 1. The van der Waals surface area contributed by atoms with Gasteiger partial charge in [-0.1, -0.05) is 36.8 Å². The number of carboxylic acid groups (broad SMARTS) is 1. The molecular weight excluding hydrogens is 268 g/mol. The Labute approximate surface area is 125 Å². The molecule has 2 N–H and O–H groups in total. The van der Waals surface area contributed by atoms with Gasteiger partial charge in [-0.2, -0.15) is 0 Å². The van der Waals surface area contributed by atoms with Gasteiger partial charge in [0.2, 0.25) is 0 Å². The molecule has 5 nitrogen and oxygen atoms in total. The van der Waals surface area contributed by atoms with Crippen LogP contribution in [-0.2, 0) is 4.79 Å². The number of amides is 2. The summed E-state index contributed by atoms with van der Waals surface area (Å²) in [7, 11) is 1.63. The van der Waals surface area contributed by atoms with Crippen molar-refractivity contribution in [3.8, 4) is 0 Å². The van der Waals surface area contributed by atoms with E-state index in [4.69, 9.17) is 5.11 Å². The molecule has 1 aliphatic carbocycles. The first-order valence-corrected chi connectivity index (χ1v) is 7.36. The minimum Gasteiger partial charge on any atom is -0.481 e. The van der Waals surface area contributed by atoms with Gasteiger partial charge in [0.05, 0.1) is 6.42 Å². The fraction of sp³-hybridized carbons (Fsp3) is 0.500. The minimum atomic E-state index is -0.891. The number of hydrogen-bond donors (Lipinski definition) is 2. The van der Waals surface area contributed by atoms with Crippen LogP contribution in [-0.4, -0.2) is 41.6 Å². The normalized spacial score (nSPS) is 21.0. The number of hydrogen-bond acceptors (Lipinski definition) is 2. The smallest absolute Gasteiger partial charge is 0.317 e. The Morgan fingerprint density at radius 1 is 1.29 bits per heavy atom. The molecule has 0 heterocycles. The number of urea groups is 1. The summed E-state index contributed by atoms with van der Waals surface area (Å²) < 4.78 is 0. The zero-order chi connectivity index (χ0) is 15.2. The lowest BCUT2D eigenvalue weighted by Crippen LogP contribution is -2.44. The molecule has 0 aromatic heterocycles. The lowest BCUT2D eigenvalue weighted by molar-refractivity contribution is -0.137. The van der Waals surface area contributed by atoms with Gasteiger partial charge in [0, 0.05) is 25.6 Å². The maximum absolute atomic E-state index is 12.1. The van der Waals surface area contributed by atoms with Crippen molar-refractivity contribution in [3.63, 3.8) is 0 Å². The summed E-state index contributed by atoms with van der Waals surface area (Å²) in [5.74, 6) is -0.541. The van der Waals surface area contributed by atoms with Crippen molar-refractivity contribution < 1.29 is 14.7 Å². The molecule has 2 rings (SSSR count). The molecule has 0 spiro atoms. The second-order valence-corrected chi connectivity index (χ2v) is 5.57. The molecule has 5 heteroatoms. The fourth-order valence-electron chi connectivity index (χ4n) is 2.87. The lowest BCUT2D eigenvalue weighted by Gasteiger charge is -2.25. The molecule has 1 aliphatic rings. The molecule has 1 aromatic carbocycles. The molecule has 0 bridgehead atoms. The topological polar surface area (TPSA) is 69.6 Å². The highest BCUT2D eigenvalue weighted by atomic mass is 16.4. The zero-order valence-corrected chi connectivity index (χ0v) is 12.3. The summed E-state index contributed by atoms with van der Waals surface area (Å²) >= 11 is 0. The molecule has 1 saturated carbocycles. The highest BCUT2D eigenvalue weighted by molar-refractivity contribution is 5.75. The van der Waals surface area contributed by atoms with Crippen molar-refractivity contribution in [1.82, 2.24) is 10.2 Å². The first kappa shape index (κ1) is 15.4. The Morgan fingerprint density at radius 3 is 2.67 bits per heavy atom. The van der Waals surface area contributed by atoms with Gasteiger partial charge < -0.3 is 15.3 Å². The number of carbonyl (C=O) groups is 2. The van der Waals surface area contributed by atoms with Crippen LogP contribution in [0.2, 0.25) is 0 Å². The van der Waals surface area contributed by atoms with Crippen molar-refractivity contribution in [3.05, 3.63) is 35.9 Å². The quantitative estimate of drug-likeness (QED) is 0.875. The average Bonchev–Trinajstić information content (AvgIpc) is 2.93. The first-order valence-electron chi connectivity index (χ1n) is 7.36. The van der Waals surface area contributed by atoms with Crippen LogP contribution in [0, 0.1) is 0 Å². The molecule has 2 amide bonds. The van der Waals surface area contributed by atoms with E-state index in [1.54, 1.807) is 7.05 Å². The van der Waals surface area contributed by atoms with Crippen molar-refractivity contribution in [2.24, 2.45) is 0 Å². The third kappa shape index (κ3) is 4.21. The summed E-state index contributed by atoms with van der Waals surface area (Å²) in [4.78, 5) is 24.1. The van der Waals surface area contributed by atoms with Crippen LogP contribution in [0.25, 0.3) is 0 Å². The maximum Gasteiger partial charge on any atom is 0.317 e. The van der Waals surface area contributed by atoms with Crippen molar-refractivity contribution in [2.45, 2.75) is 37.6 Å². The van der Waals surface area contributed by atoms with E-state index >= 15 is 0 Å². The highest BCUT2D eigenvalue weighted by Crippen LogP contribution is 2.34. The van der Waals surface area contributed by atoms with E-state index in [9.17, 15) is 9.59 Å². The SMILES string of the molecule is CN(CCC(=O)O)C(=O)N[C@@H]1CCC[C@H]1c1ccccc1. The van der Waals surface area contributed by atoms with Gasteiger partial charge in [-0.3, -0.25) is 4.79 Å². The van der Waals surface area contributed by atoms with E-state index in [0.717, 1.165) is 19.3 Å². The second kappa shape index (κ2) is 7.11. The van der Waals surface area contributed by atoms with Gasteiger partial charge in [-0.05, 0) is 18.4 Å². The van der Waals surface area contributed by atoms with Crippen LogP contribution in [0.15, 0.2) is 30.3 Å². The maximum atomic E-state index is 12.1. The molecule has 2 atom stereocenters. The minimum absolute atomic E-state index is 0.0311. The largest absolute Gasteiger partial charge is 0.481 e. The Hall–Kier alpha value is -2.04. The van der Waals surface area contributed by atoms with E-state index in [1.807, 2.05) is 18.2 Å². The molecule has 114 valence electrons. The van der Waals surface area contributed by atoms with Gasteiger partial charge in [-0.25, -0.2) is 4.79 Å². The zero-order valence-electron chi connectivity index (χ0n) is 12.3. The van der Waals surface area contributed by atoms with Crippen LogP contribution in [0.4, 0.5) is 4.79 Å². The van der Waals surface area contributed by atoms with Crippen LogP contribution in [0.1, 0.15) is 37.2 Å². The number of rotatable bonds is 5. The number of nitrogens with one attached hydrogen (secondary N) is 1. The van der Waals surface area contributed by atoms with Crippen LogP contribution >= 0.6 is 0 Å². The Bertz CT molecular complexity index is 490. The van der Waals surface area contributed by atoms with Crippen molar-refractivity contribution in [1.29, 1.82) is 0 Å². The van der Waals surface area contributed by atoms with E-state index < -0.39 is 5.97 Å². The molecular formula is C16H22N2O3. The predicted molar refractivity (Wildman–Crippen MR) is 80.2 cm³/mol. The van der Waals surface area contributed by atoms with E-state index in [1.165, 1.54) is 10.5 Å². The van der Waals surface area contributed by atoms with Crippen LogP contribution in [0.3, 0.4) is 0 Å². The summed E-state index contributed by atoms with van der Waals surface area (Å²) in [6.07, 6.45) is 3.12. The summed E-state index contributed by atoms with van der Waals surface area (Å²) in [5, 5.41) is 11.7. The van der Waals surface area contributed by atoms with Gasteiger partial charge in [-0.15, -0.1) is 0 Å². The number of carbonyl (C=O) groups excluding carboxylic acids is 1. The van der Waals surface area contributed by atoms with Crippen molar-refractivity contribution >= 4 is 12.0 Å². The predicted octanol–water partition coefficient (Wildman–Crippen LogP) is 2.44. The number of carboxylic acids is 1. The molecule has 0 aliphatic heterocycles. The third-order valence-corrected chi connectivity index (χ3v) is 4.06. The fourth-order valence-corrected chi connectivity index (χ4v) is 2.87. The van der Waals surface area contributed by atoms with E-state index in [2.05, 4.69) is 17.4 Å². The first-order chi connectivity index (χ1) is 10.1. The Balaban J connectivity index is 1.92. The monoisotopic (exact) mass is 290 g/mol. The third-order valence-electron chi connectivity index (χ3n) is 4.06. The van der Waals surface area contributed by atoms with Crippen LogP contribution < -0.4 is 5.32 Å². The van der Waals surface area contributed by atoms with Gasteiger partial charge in [0.15, 0.2) is 0 Å². The Kier molecular flexibility index (Phi) is 5.20. The number of nitrogens with zero attached hydrogens (tertiary/aromatic N) is 1. The molecule has 0 radical (unpaired) electrons. The lowest BCUT2D eigenvalue weighted by atomic mass is 9.94. The van der Waals surface area contributed by atoms with Gasteiger partial charge in [0.1, 0.15) is 0 Å². The van der Waals surface area contributed by atoms with Crippen LogP contribution in [0.5, 0.6) is 0 Å². The summed E-state index contributed by atoms with van der Waals surface area (Å²) in [5.41, 5.74) is 1.26. The molecule has 21 heavy (non-hydrogen) atoms. The molecule has 1 fully saturated rings. The summed E-state index contributed by atoms with van der Waals surface area (Å²) in [6, 6.07) is 10.2. The molecule has 0 unspecified atom stereocenters. The standard InChI is InChI=1S/C16H22N2O3/c1-18(11-10-15(19)20)16(21)17-14-9-5-8-13(14)12-6-3-2-4-7-12/h2-4,6-7,13-14H,5,8-11H2,1H3,(H,17,21)(H,19,20)/t13-,14+/m0/s1. The summed E-state index contributed by atoms with van der Waals surface area (Å²) in [6.45, 7) is 0.226. The second-order valence-electron chi connectivity index (χ2n) is 5.57. The highest BCUT2D eigenvalue weighted by Gasteiger charge is 2.30. The average molecular weight is 290 g/mol. The molecule has 0 saturated heterocycles. The molecule has 1 aromatic rings. The van der Waals surface area contributed by atoms with Gasteiger partial charge >= 0.3 is 12.0 Å². The van der Waals surface area contributed by atoms with Gasteiger partial charge in [0.25, 0.3) is 0 Å². The van der Waals surface area contributed by atoms with Crippen molar-refractivity contribution in [2.75, 3.05) is 13.6 Å².